The number of hydrogen-bond acceptors (Lipinski definition) is 4. The van der Waals surface area contributed by atoms with Crippen molar-refractivity contribution in [3.8, 4) is 0 Å². The summed E-state index contributed by atoms with van der Waals surface area (Å²) >= 11 is 4.44. The summed E-state index contributed by atoms with van der Waals surface area (Å²) in [4.78, 5) is 32.7. The lowest BCUT2D eigenvalue weighted by atomic mass is 10.3. The minimum absolute atomic E-state index is 0.103. The molecule has 0 radical (unpaired) electrons. The number of anilines is 1. The summed E-state index contributed by atoms with van der Waals surface area (Å²) in [7, 11) is 0. The number of nitrogens with one attached hydrogen (secondary N) is 2. The Balaban J connectivity index is 2.38. The maximum absolute atomic E-state index is 11.7. The molecule has 0 fully saturated rings. The number of hydrogen-bond donors (Lipinski definition) is 3. The number of carbonyl (C=O) groups excluding carboxylic acids is 2. The van der Waals surface area contributed by atoms with Crippen LogP contribution in [0.4, 0.5) is 5.69 Å². The van der Waals surface area contributed by atoms with Gasteiger partial charge in [-0.05, 0) is 28.1 Å². The second-order valence-electron chi connectivity index (χ2n) is 3.72. The van der Waals surface area contributed by atoms with Crippen molar-refractivity contribution in [1.29, 1.82) is 0 Å². The molecule has 1 atom stereocenters. The van der Waals surface area contributed by atoms with Crippen LogP contribution in [0.5, 0.6) is 0 Å². The number of carboxylic acid groups (broad SMARTS) is 1. The summed E-state index contributed by atoms with van der Waals surface area (Å²) < 4.78 is 0.768. The molecule has 0 saturated carbocycles. The van der Waals surface area contributed by atoms with Gasteiger partial charge in [0, 0.05) is 10.2 Å². The summed E-state index contributed by atoms with van der Waals surface area (Å²) in [6.45, 7) is 0. The lowest BCUT2D eigenvalue weighted by Gasteiger charge is -2.11. The highest BCUT2D eigenvalue weighted by Crippen LogP contribution is 2.21. The Bertz CT molecular complexity index is 498. The second kappa shape index (κ2) is 8.60. The first-order chi connectivity index (χ1) is 9.54. The lowest BCUT2D eigenvalue weighted by Crippen LogP contribution is -2.38. The van der Waals surface area contributed by atoms with E-state index in [1.165, 1.54) is 0 Å². The molecular weight excluding hydrogens is 348 g/mol. The van der Waals surface area contributed by atoms with Crippen LogP contribution in [0.25, 0.3) is 0 Å². The lowest BCUT2D eigenvalue weighted by molar-refractivity contribution is -0.139. The van der Waals surface area contributed by atoms with Gasteiger partial charge in [0.2, 0.25) is 12.3 Å². The van der Waals surface area contributed by atoms with Gasteiger partial charge in [0.1, 0.15) is 6.04 Å². The fraction of sp³-hybridized carbons (Fsp3) is 0.250. The van der Waals surface area contributed by atoms with E-state index in [0.29, 0.717) is 12.1 Å². The van der Waals surface area contributed by atoms with E-state index in [4.69, 9.17) is 5.11 Å². The van der Waals surface area contributed by atoms with Gasteiger partial charge in [-0.25, -0.2) is 4.79 Å². The second-order valence-corrected chi connectivity index (χ2v) is 5.60. The van der Waals surface area contributed by atoms with Crippen molar-refractivity contribution in [3.63, 3.8) is 0 Å². The molecule has 0 saturated heterocycles. The zero-order chi connectivity index (χ0) is 15.0. The number of aliphatic carboxylic acids is 1. The van der Waals surface area contributed by atoms with E-state index in [9.17, 15) is 14.4 Å². The largest absolute Gasteiger partial charge is 0.480 e. The Kier molecular flexibility index (Phi) is 7.10. The molecule has 0 spiro atoms. The molecular formula is C12H13BrN2O4S. The van der Waals surface area contributed by atoms with Crippen LogP contribution in [0.15, 0.2) is 28.7 Å². The van der Waals surface area contributed by atoms with E-state index in [2.05, 4.69) is 26.6 Å². The van der Waals surface area contributed by atoms with Gasteiger partial charge in [-0.3, -0.25) is 9.59 Å². The standard InChI is InChI=1S/C12H13BrN2O4S/c13-8-3-1-2-4-9(8)15-11(17)6-20-5-10(12(18)19)14-7-16/h1-4,7,10H,5-6H2,(H,14,16)(H,15,17)(H,18,19). The van der Waals surface area contributed by atoms with E-state index in [1.54, 1.807) is 18.2 Å². The van der Waals surface area contributed by atoms with Crippen molar-refractivity contribution in [3.05, 3.63) is 28.7 Å². The Morgan fingerprint density at radius 2 is 2.10 bits per heavy atom. The van der Waals surface area contributed by atoms with Crippen LogP contribution in [0.2, 0.25) is 0 Å². The summed E-state index contributed by atoms with van der Waals surface area (Å²) in [6.07, 6.45) is 0.334. The zero-order valence-electron chi connectivity index (χ0n) is 10.3. The maximum atomic E-state index is 11.7. The highest BCUT2D eigenvalue weighted by atomic mass is 79.9. The van der Waals surface area contributed by atoms with Crippen molar-refractivity contribution in [2.75, 3.05) is 16.8 Å². The first-order valence-electron chi connectivity index (χ1n) is 5.59. The maximum Gasteiger partial charge on any atom is 0.327 e. The number of carbonyl (C=O) groups is 3. The molecule has 20 heavy (non-hydrogen) atoms. The van der Waals surface area contributed by atoms with Crippen LogP contribution in [0, 0.1) is 0 Å². The molecule has 3 N–H and O–H groups in total. The first-order valence-corrected chi connectivity index (χ1v) is 7.54. The number of benzene rings is 1. The number of rotatable bonds is 8. The summed E-state index contributed by atoms with van der Waals surface area (Å²) in [5.74, 6) is -1.14. The molecule has 6 nitrogen and oxygen atoms in total. The summed E-state index contributed by atoms with van der Waals surface area (Å²) in [6, 6.07) is 6.19. The molecule has 0 aliphatic rings. The van der Waals surface area contributed by atoms with E-state index in [1.807, 2.05) is 6.07 Å². The van der Waals surface area contributed by atoms with Crippen LogP contribution in [0.3, 0.4) is 0 Å². The SMILES string of the molecule is O=CNC(CSCC(=O)Nc1ccccc1Br)C(=O)O. The smallest absolute Gasteiger partial charge is 0.327 e. The van der Waals surface area contributed by atoms with Crippen molar-refractivity contribution >= 4 is 51.7 Å². The third-order valence-electron chi connectivity index (χ3n) is 2.23. The Morgan fingerprint density at radius 1 is 1.40 bits per heavy atom. The van der Waals surface area contributed by atoms with E-state index < -0.39 is 12.0 Å². The Labute approximate surface area is 128 Å². The number of para-hydroxylation sites is 1. The zero-order valence-corrected chi connectivity index (χ0v) is 12.7. The predicted octanol–water partition coefficient (Wildman–Crippen LogP) is 1.32. The number of amides is 2. The molecule has 108 valence electrons. The molecule has 1 rings (SSSR count). The van der Waals surface area contributed by atoms with Crippen LogP contribution in [-0.4, -0.2) is 40.9 Å². The number of halogens is 1. The quantitative estimate of drug-likeness (QED) is 0.607. The third kappa shape index (κ3) is 5.62. The number of thioether (sulfide) groups is 1. The highest BCUT2D eigenvalue weighted by Gasteiger charge is 2.16. The molecule has 1 unspecified atom stereocenters. The third-order valence-corrected chi connectivity index (χ3v) is 3.96. The molecule has 0 heterocycles. The fourth-order valence-corrected chi connectivity index (χ4v) is 2.52. The molecule has 0 aliphatic heterocycles. The van der Waals surface area contributed by atoms with Crippen LogP contribution in [0.1, 0.15) is 0 Å². The van der Waals surface area contributed by atoms with Gasteiger partial charge in [0.05, 0.1) is 11.4 Å². The summed E-state index contributed by atoms with van der Waals surface area (Å²) in [5.41, 5.74) is 0.652. The van der Waals surface area contributed by atoms with Crippen molar-refractivity contribution in [1.82, 2.24) is 5.32 Å². The minimum Gasteiger partial charge on any atom is -0.480 e. The van der Waals surface area contributed by atoms with Gasteiger partial charge >= 0.3 is 5.97 Å². The van der Waals surface area contributed by atoms with Crippen LogP contribution >= 0.6 is 27.7 Å². The van der Waals surface area contributed by atoms with Gasteiger partial charge in [0.25, 0.3) is 0 Å². The summed E-state index contributed by atoms with van der Waals surface area (Å²) in [5, 5.41) is 13.7. The van der Waals surface area contributed by atoms with Crippen molar-refractivity contribution < 1.29 is 19.5 Å². The fourth-order valence-electron chi connectivity index (χ4n) is 1.29. The van der Waals surface area contributed by atoms with Gasteiger partial charge in [-0.15, -0.1) is 11.8 Å². The molecule has 2 amide bonds. The van der Waals surface area contributed by atoms with E-state index in [0.717, 1.165) is 16.2 Å². The average Bonchev–Trinajstić information content (AvgIpc) is 2.40. The average molecular weight is 361 g/mol. The van der Waals surface area contributed by atoms with Gasteiger partial charge in [-0.1, -0.05) is 12.1 Å². The molecule has 1 aromatic rings. The van der Waals surface area contributed by atoms with Crippen molar-refractivity contribution in [2.24, 2.45) is 0 Å². The minimum atomic E-state index is -1.13. The van der Waals surface area contributed by atoms with Gasteiger partial charge in [0.15, 0.2) is 0 Å². The normalized spacial score (nSPS) is 11.4. The van der Waals surface area contributed by atoms with Crippen LogP contribution < -0.4 is 10.6 Å². The topological polar surface area (TPSA) is 95.5 Å². The van der Waals surface area contributed by atoms with E-state index >= 15 is 0 Å². The molecule has 0 aliphatic carbocycles. The Morgan fingerprint density at radius 3 is 2.70 bits per heavy atom. The van der Waals surface area contributed by atoms with Gasteiger partial charge < -0.3 is 15.7 Å². The predicted molar refractivity (Wildman–Crippen MR) is 80.7 cm³/mol. The first kappa shape index (κ1) is 16.5. The van der Waals surface area contributed by atoms with Crippen molar-refractivity contribution in [2.45, 2.75) is 6.04 Å². The van der Waals surface area contributed by atoms with Crippen LogP contribution in [-0.2, 0) is 14.4 Å². The molecule has 8 heteroatoms. The Hall–Kier alpha value is -1.54. The van der Waals surface area contributed by atoms with E-state index in [-0.39, 0.29) is 17.4 Å². The van der Waals surface area contributed by atoms with Gasteiger partial charge in [-0.2, -0.15) is 0 Å². The highest BCUT2D eigenvalue weighted by molar-refractivity contribution is 9.10. The monoisotopic (exact) mass is 360 g/mol. The molecule has 0 bridgehead atoms. The molecule has 1 aromatic carbocycles. The number of carboxylic acids is 1. The molecule has 0 aromatic heterocycles.